The number of anilines is 1. The van der Waals surface area contributed by atoms with Crippen LogP contribution in [0.4, 0.5) is 10.5 Å². The fourth-order valence-corrected chi connectivity index (χ4v) is 6.02. The molecule has 0 aliphatic heterocycles. The smallest absolute Gasteiger partial charge is 0.404 e. The Bertz CT molecular complexity index is 1530. The molecule has 1 heterocycles. The van der Waals surface area contributed by atoms with Gasteiger partial charge in [0.2, 0.25) is 0 Å². The Labute approximate surface area is 263 Å². The summed E-state index contributed by atoms with van der Waals surface area (Å²) >= 11 is 0. The number of carboxylic acid groups (broad SMARTS) is 1. The first-order chi connectivity index (χ1) is 21.6. The van der Waals surface area contributed by atoms with E-state index in [9.17, 15) is 14.4 Å². The van der Waals surface area contributed by atoms with Crippen molar-refractivity contribution in [2.45, 2.75) is 65.1 Å². The number of aromatic amines is 1. The van der Waals surface area contributed by atoms with Gasteiger partial charge < -0.3 is 39.8 Å². The number of benzene rings is 2. The average molecular weight is 621 g/mol. The van der Waals surface area contributed by atoms with Crippen molar-refractivity contribution in [2.24, 2.45) is 0 Å². The molecule has 1 saturated carbocycles. The molecular formula is C34H44N4O7. The zero-order valence-electron chi connectivity index (χ0n) is 26.7. The molecule has 3 aromatic rings. The minimum absolute atomic E-state index is 0.00220. The SMILES string of the molecule is CCN(c1cc(-c2ccc(OCCOC)cc2)cc(C(=O)NCc2c(OC)cc(C)[nH]c2=O)c1C)C1CCC(NC(=O)O)CC1. The van der Waals surface area contributed by atoms with Crippen molar-refractivity contribution in [2.75, 3.05) is 38.9 Å². The van der Waals surface area contributed by atoms with Gasteiger partial charge in [-0.2, -0.15) is 0 Å². The first-order valence-corrected chi connectivity index (χ1v) is 15.3. The Kier molecular flexibility index (Phi) is 11.5. The van der Waals surface area contributed by atoms with Crippen molar-refractivity contribution in [1.82, 2.24) is 15.6 Å². The molecular weight excluding hydrogens is 576 g/mol. The van der Waals surface area contributed by atoms with Crippen LogP contribution in [0.3, 0.4) is 0 Å². The maximum Gasteiger partial charge on any atom is 0.404 e. The number of carbonyl (C=O) groups is 2. The first-order valence-electron chi connectivity index (χ1n) is 15.3. The molecule has 1 aliphatic rings. The van der Waals surface area contributed by atoms with Crippen molar-refractivity contribution < 1.29 is 28.9 Å². The number of methoxy groups -OCH3 is 2. The molecule has 1 aliphatic carbocycles. The highest BCUT2D eigenvalue weighted by Gasteiger charge is 2.28. The quantitative estimate of drug-likeness (QED) is 0.195. The lowest BCUT2D eigenvalue weighted by atomic mass is 9.88. The lowest BCUT2D eigenvalue weighted by Gasteiger charge is -2.39. The Morgan fingerprint density at radius 2 is 1.71 bits per heavy atom. The van der Waals surface area contributed by atoms with Crippen LogP contribution in [0.15, 0.2) is 47.3 Å². The number of nitrogens with one attached hydrogen (secondary N) is 3. The highest BCUT2D eigenvalue weighted by molar-refractivity contribution is 5.99. The third kappa shape index (κ3) is 8.36. The van der Waals surface area contributed by atoms with E-state index in [0.29, 0.717) is 35.8 Å². The predicted octanol–water partition coefficient (Wildman–Crippen LogP) is 5.03. The zero-order chi connectivity index (χ0) is 32.5. The Morgan fingerprint density at radius 3 is 2.33 bits per heavy atom. The summed E-state index contributed by atoms with van der Waals surface area (Å²) in [6.07, 6.45) is 2.15. The van der Waals surface area contributed by atoms with Gasteiger partial charge in [0.15, 0.2) is 0 Å². The van der Waals surface area contributed by atoms with Gasteiger partial charge in [-0.25, -0.2) is 4.79 Å². The summed E-state index contributed by atoms with van der Waals surface area (Å²) in [6.45, 7) is 7.46. The minimum Gasteiger partial charge on any atom is -0.496 e. The number of pyridine rings is 1. The molecule has 0 saturated heterocycles. The maximum atomic E-state index is 13.8. The second-order valence-corrected chi connectivity index (χ2v) is 11.3. The van der Waals surface area contributed by atoms with Gasteiger partial charge in [0, 0.05) is 42.7 Å². The number of nitrogens with zero attached hydrogens (tertiary/aromatic N) is 1. The molecule has 4 N–H and O–H groups in total. The van der Waals surface area contributed by atoms with Gasteiger partial charge in [0.25, 0.3) is 11.5 Å². The Balaban J connectivity index is 1.68. The molecule has 1 fully saturated rings. The molecule has 0 radical (unpaired) electrons. The molecule has 0 atom stereocenters. The lowest BCUT2D eigenvalue weighted by Crippen LogP contribution is -2.44. The molecule has 242 valence electrons. The van der Waals surface area contributed by atoms with Crippen molar-refractivity contribution >= 4 is 17.7 Å². The number of hydrogen-bond donors (Lipinski definition) is 4. The first kappa shape index (κ1) is 33.4. The largest absolute Gasteiger partial charge is 0.496 e. The average Bonchev–Trinajstić information content (AvgIpc) is 3.02. The monoisotopic (exact) mass is 620 g/mol. The molecule has 0 spiro atoms. The molecule has 1 aromatic heterocycles. The summed E-state index contributed by atoms with van der Waals surface area (Å²) in [6, 6.07) is 13.6. The Morgan fingerprint density at radius 1 is 1.00 bits per heavy atom. The van der Waals surface area contributed by atoms with Crippen LogP contribution in [-0.4, -0.2) is 68.2 Å². The number of amides is 2. The van der Waals surface area contributed by atoms with E-state index in [1.54, 1.807) is 20.1 Å². The van der Waals surface area contributed by atoms with E-state index in [2.05, 4.69) is 33.5 Å². The summed E-state index contributed by atoms with van der Waals surface area (Å²) in [7, 11) is 3.13. The standard InChI is InChI=1S/C34H44N4O7/c1-6-38(26-11-9-25(10-12-26)37-34(41)42)30-19-24(23-7-13-27(14-8-23)45-16-15-43-4)18-28(22(30)3)32(39)35-20-29-31(44-5)17-21(2)36-33(29)40/h7-8,13-14,17-19,25-26,37H,6,9-12,15-16,20H2,1-5H3,(H,35,39)(H,36,40)(H,41,42). The zero-order valence-corrected chi connectivity index (χ0v) is 26.7. The highest BCUT2D eigenvalue weighted by Crippen LogP contribution is 2.35. The van der Waals surface area contributed by atoms with Crippen molar-refractivity contribution in [1.29, 1.82) is 0 Å². The summed E-state index contributed by atoms with van der Waals surface area (Å²) < 4.78 is 16.2. The fraction of sp³-hybridized carbons (Fsp3) is 0.441. The predicted molar refractivity (Wildman–Crippen MR) is 174 cm³/mol. The number of aryl methyl sites for hydroxylation is 1. The van der Waals surface area contributed by atoms with Crippen LogP contribution in [0.5, 0.6) is 11.5 Å². The van der Waals surface area contributed by atoms with Crippen molar-refractivity contribution in [3.63, 3.8) is 0 Å². The van der Waals surface area contributed by atoms with Crippen LogP contribution in [0.1, 0.15) is 59.8 Å². The van der Waals surface area contributed by atoms with E-state index in [0.717, 1.165) is 60.4 Å². The molecule has 4 rings (SSSR count). The van der Waals surface area contributed by atoms with E-state index in [1.165, 1.54) is 7.11 Å². The molecule has 11 nitrogen and oxygen atoms in total. The van der Waals surface area contributed by atoms with E-state index >= 15 is 0 Å². The number of hydrogen-bond acceptors (Lipinski definition) is 7. The van der Waals surface area contributed by atoms with E-state index < -0.39 is 6.09 Å². The molecule has 0 unspecified atom stereocenters. The number of ether oxygens (including phenoxy) is 3. The molecule has 2 aromatic carbocycles. The van der Waals surface area contributed by atoms with Gasteiger partial charge in [-0.15, -0.1) is 0 Å². The van der Waals surface area contributed by atoms with E-state index in [1.807, 2.05) is 37.3 Å². The summed E-state index contributed by atoms with van der Waals surface area (Å²) in [4.78, 5) is 42.8. The van der Waals surface area contributed by atoms with Crippen LogP contribution in [0, 0.1) is 13.8 Å². The van der Waals surface area contributed by atoms with Gasteiger partial charge >= 0.3 is 6.09 Å². The highest BCUT2D eigenvalue weighted by atomic mass is 16.5. The molecule has 11 heteroatoms. The Hall–Kier alpha value is -4.51. The lowest BCUT2D eigenvalue weighted by molar-refractivity contribution is 0.0950. The maximum absolute atomic E-state index is 13.8. The van der Waals surface area contributed by atoms with E-state index in [4.69, 9.17) is 19.3 Å². The normalized spacial score (nSPS) is 16.1. The van der Waals surface area contributed by atoms with Crippen LogP contribution >= 0.6 is 0 Å². The third-order valence-electron chi connectivity index (χ3n) is 8.36. The minimum atomic E-state index is -0.995. The van der Waals surface area contributed by atoms with Crippen molar-refractivity contribution in [3.8, 4) is 22.6 Å². The molecule has 2 amide bonds. The van der Waals surface area contributed by atoms with Crippen LogP contribution in [-0.2, 0) is 11.3 Å². The number of rotatable bonds is 13. The van der Waals surface area contributed by atoms with Gasteiger partial charge in [-0.1, -0.05) is 12.1 Å². The van der Waals surface area contributed by atoms with Gasteiger partial charge in [-0.05, 0) is 93.5 Å². The van der Waals surface area contributed by atoms with Crippen LogP contribution < -0.4 is 30.6 Å². The third-order valence-corrected chi connectivity index (χ3v) is 8.36. The van der Waals surface area contributed by atoms with Gasteiger partial charge in [0.1, 0.15) is 18.1 Å². The van der Waals surface area contributed by atoms with Crippen LogP contribution in [0.2, 0.25) is 0 Å². The van der Waals surface area contributed by atoms with E-state index in [-0.39, 0.29) is 30.1 Å². The van der Waals surface area contributed by atoms with Gasteiger partial charge in [-0.3, -0.25) is 9.59 Å². The molecule has 0 bridgehead atoms. The second kappa shape index (κ2) is 15.5. The summed E-state index contributed by atoms with van der Waals surface area (Å²) in [5.74, 6) is 0.837. The fourth-order valence-electron chi connectivity index (χ4n) is 6.02. The summed E-state index contributed by atoms with van der Waals surface area (Å²) in [5.41, 5.74) is 4.77. The summed E-state index contributed by atoms with van der Waals surface area (Å²) in [5, 5.41) is 14.7. The number of aromatic nitrogens is 1. The topological polar surface area (TPSA) is 142 Å². The van der Waals surface area contributed by atoms with Crippen LogP contribution in [0.25, 0.3) is 11.1 Å². The molecule has 45 heavy (non-hydrogen) atoms. The number of H-pyrrole nitrogens is 1. The van der Waals surface area contributed by atoms with Gasteiger partial charge in [0.05, 0.1) is 25.8 Å². The van der Waals surface area contributed by atoms with Crippen molar-refractivity contribution in [3.05, 3.63) is 75.2 Å². The number of carbonyl (C=O) groups excluding carboxylic acids is 1. The second-order valence-electron chi connectivity index (χ2n) is 11.3.